The van der Waals surface area contributed by atoms with Crippen molar-refractivity contribution in [3.05, 3.63) is 48.3 Å². The Bertz CT molecular complexity index is 451. The van der Waals surface area contributed by atoms with Crippen LogP contribution >= 0.6 is 0 Å². The molecular weight excluding hydrogens is 247 g/mol. The first-order valence-corrected chi connectivity index (χ1v) is 5.96. The molecule has 4 nitrogen and oxygen atoms in total. The number of hydrogen-bond donors (Lipinski definition) is 2. The van der Waals surface area contributed by atoms with Crippen LogP contribution in [0.4, 0.5) is 9.18 Å². The summed E-state index contributed by atoms with van der Waals surface area (Å²) in [5.74, 6) is -0.361. The molecule has 0 aliphatic heterocycles. The Morgan fingerprint density at radius 1 is 1.47 bits per heavy atom. The third-order valence-electron chi connectivity index (χ3n) is 2.89. The van der Waals surface area contributed by atoms with Crippen LogP contribution in [-0.2, 0) is 10.3 Å². The summed E-state index contributed by atoms with van der Waals surface area (Å²) < 4.78 is 19.1. The number of rotatable bonds is 6. The van der Waals surface area contributed by atoms with Crippen molar-refractivity contribution in [3.8, 4) is 0 Å². The van der Waals surface area contributed by atoms with Crippen LogP contribution < -0.4 is 10.6 Å². The minimum Gasteiger partial charge on any atom is -0.372 e. The minimum atomic E-state index is -0.920. The quantitative estimate of drug-likeness (QED) is 0.775. The van der Waals surface area contributed by atoms with Crippen molar-refractivity contribution >= 4 is 6.03 Å². The molecule has 19 heavy (non-hydrogen) atoms. The smallest absolute Gasteiger partial charge is 0.315 e. The van der Waals surface area contributed by atoms with Gasteiger partial charge in [-0.05, 0) is 13.0 Å². The van der Waals surface area contributed by atoms with Crippen molar-refractivity contribution in [1.29, 1.82) is 0 Å². The van der Waals surface area contributed by atoms with E-state index in [0.717, 1.165) is 0 Å². The van der Waals surface area contributed by atoms with Gasteiger partial charge in [0.1, 0.15) is 11.4 Å². The molecule has 0 saturated heterocycles. The molecule has 0 aliphatic carbocycles. The SMILES string of the molecule is C=CCNC(=O)NCC(C)(OC)c1ccccc1F. The van der Waals surface area contributed by atoms with Crippen LogP contribution in [0.5, 0.6) is 0 Å². The number of carbonyl (C=O) groups is 1. The predicted molar refractivity (Wildman–Crippen MR) is 72.4 cm³/mol. The number of nitrogens with one attached hydrogen (secondary N) is 2. The van der Waals surface area contributed by atoms with Gasteiger partial charge in [0, 0.05) is 19.2 Å². The summed E-state index contributed by atoms with van der Waals surface area (Å²) in [6.45, 7) is 5.75. The third-order valence-corrected chi connectivity index (χ3v) is 2.89. The summed E-state index contributed by atoms with van der Waals surface area (Å²) in [6.07, 6.45) is 1.58. The van der Waals surface area contributed by atoms with E-state index < -0.39 is 5.60 Å². The van der Waals surface area contributed by atoms with Crippen molar-refractivity contribution in [2.75, 3.05) is 20.2 Å². The number of carbonyl (C=O) groups excluding carboxylic acids is 1. The zero-order valence-corrected chi connectivity index (χ0v) is 11.2. The number of methoxy groups -OCH3 is 1. The fourth-order valence-electron chi connectivity index (χ4n) is 1.64. The molecule has 2 N–H and O–H groups in total. The van der Waals surface area contributed by atoms with E-state index in [0.29, 0.717) is 12.1 Å². The van der Waals surface area contributed by atoms with Crippen LogP contribution in [0.15, 0.2) is 36.9 Å². The predicted octanol–water partition coefficient (Wildman–Crippen LogP) is 2.17. The maximum atomic E-state index is 13.8. The van der Waals surface area contributed by atoms with E-state index >= 15 is 0 Å². The molecule has 5 heteroatoms. The van der Waals surface area contributed by atoms with Crippen molar-refractivity contribution in [2.45, 2.75) is 12.5 Å². The Kier molecular flexibility index (Phi) is 5.51. The number of ether oxygens (including phenoxy) is 1. The van der Waals surface area contributed by atoms with E-state index in [-0.39, 0.29) is 18.4 Å². The average molecular weight is 266 g/mol. The lowest BCUT2D eigenvalue weighted by atomic mass is 9.95. The zero-order valence-electron chi connectivity index (χ0n) is 11.2. The van der Waals surface area contributed by atoms with Gasteiger partial charge in [0.2, 0.25) is 0 Å². The standard InChI is InChI=1S/C14H19FN2O2/c1-4-9-16-13(18)17-10-14(2,19-3)11-7-5-6-8-12(11)15/h4-8H,1,9-10H2,2-3H3,(H2,16,17,18). The van der Waals surface area contributed by atoms with Gasteiger partial charge in [0.15, 0.2) is 0 Å². The molecule has 0 spiro atoms. The lowest BCUT2D eigenvalue weighted by Gasteiger charge is -2.29. The van der Waals surface area contributed by atoms with Gasteiger partial charge in [0.25, 0.3) is 0 Å². The second-order valence-electron chi connectivity index (χ2n) is 4.27. The van der Waals surface area contributed by atoms with Gasteiger partial charge in [-0.3, -0.25) is 0 Å². The molecule has 1 unspecified atom stereocenters. The summed E-state index contributed by atoms with van der Waals surface area (Å²) in [4.78, 5) is 11.5. The molecule has 0 saturated carbocycles. The number of hydrogen-bond acceptors (Lipinski definition) is 2. The summed E-state index contributed by atoms with van der Waals surface area (Å²) in [6, 6.07) is 6.00. The first-order chi connectivity index (χ1) is 9.03. The number of benzene rings is 1. The molecule has 1 aromatic carbocycles. The van der Waals surface area contributed by atoms with Gasteiger partial charge >= 0.3 is 6.03 Å². The third kappa shape index (κ3) is 4.06. The van der Waals surface area contributed by atoms with Gasteiger partial charge in [-0.2, -0.15) is 0 Å². The Labute approximate surface area is 112 Å². The van der Waals surface area contributed by atoms with Crippen LogP contribution in [0, 0.1) is 5.82 Å². The van der Waals surface area contributed by atoms with Crippen LogP contribution in [0.1, 0.15) is 12.5 Å². The lowest BCUT2D eigenvalue weighted by molar-refractivity contribution is 0.00206. The first kappa shape index (κ1) is 15.2. The molecule has 0 heterocycles. The Morgan fingerprint density at radius 3 is 2.74 bits per heavy atom. The fraction of sp³-hybridized carbons (Fsp3) is 0.357. The number of halogens is 1. The monoisotopic (exact) mass is 266 g/mol. The highest BCUT2D eigenvalue weighted by molar-refractivity contribution is 5.74. The first-order valence-electron chi connectivity index (χ1n) is 5.96. The number of urea groups is 1. The van der Waals surface area contributed by atoms with E-state index in [2.05, 4.69) is 17.2 Å². The fourth-order valence-corrected chi connectivity index (χ4v) is 1.64. The highest BCUT2D eigenvalue weighted by Crippen LogP contribution is 2.26. The molecule has 0 radical (unpaired) electrons. The molecule has 0 aliphatic rings. The molecule has 0 fully saturated rings. The van der Waals surface area contributed by atoms with E-state index in [4.69, 9.17) is 4.74 Å². The van der Waals surface area contributed by atoms with Crippen LogP contribution in [-0.4, -0.2) is 26.2 Å². The highest BCUT2D eigenvalue weighted by atomic mass is 19.1. The molecule has 104 valence electrons. The Balaban J connectivity index is 2.73. The van der Waals surface area contributed by atoms with E-state index in [1.807, 2.05) is 0 Å². The Hall–Kier alpha value is -1.88. The second kappa shape index (κ2) is 6.89. The van der Waals surface area contributed by atoms with Gasteiger partial charge in [-0.1, -0.05) is 24.3 Å². The van der Waals surface area contributed by atoms with E-state index in [1.165, 1.54) is 13.2 Å². The van der Waals surface area contributed by atoms with Crippen LogP contribution in [0.3, 0.4) is 0 Å². The van der Waals surface area contributed by atoms with Crippen molar-refractivity contribution in [1.82, 2.24) is 10.6 Å². The molecule has 0 aromatic heterocycles. The minimum absolute atomic E-state index is 0.160. The largest absolute Gasteiger partial charge is 0.372 e. The molecule has 0 bridgehead atoms. The van der Waals surface area contributed by atoms with Crippen LogP contribution in [0.2, 0.25) is 0 Å². The summed E-state index contributed by atoms with van der Waals surface area (Å²) in [5, 5.41) is 5.22. The summed E-state index contributed by atoms with van der Waals surface area (Å²) in [5.41, 5.74) is -0.516. The molecule has 1 rings (SSSR count). The topological polar surface area (TPSA) is 50.4 Å². The second-order valence-corrected chi connectivity index (χ2v) is 4.27. The Morgan fingerprint density at radius 2 is 2.16 bits per heavy atom. The van der Waals surface area contributed by atoms with Crippen molar-refractivity contribution < 1.29 is 13.9 Å². The summed E-state index contributed by atoms with van der Waals surface area (Å²) >= 11 is 0. The maximum Gasteiger partial charge on any atom is 0.315 e. The van der Waals surface area contributed by atoms with Gasteiger partial charge in [0.05, 0.1) is 6.54 Å². The summed E-state index contributed by atoms with van der Waals surface area (Å²) in [7, 11) is 1.48. The molecular formula is C14H19FN2O2. The number of amides is 2. The van der Waals surface area contributed by atoms with E-state index in [1.54, 1.807) is 31.2 Å². The maximum absolute atomic E-state index is 13.8. The highest BCUT2D eigenvalue weighted by Gasteiger charge is 2.29. The van der Waals surface area contributed by atoms with Gasteiger partial charge < -0.3 is 15.4 Å². The van der Waals surface area contributed by atoms with Crippen molar-refractivity contribution in [2.24, 2.45) is 0 Å². The van der Waals surface area contributed by atoms with Gasteiger partial charge in [-0.15, -0.1) is 6.58 Å². The lowest BCUT2D eigenvalue weighted by Crippen LogP contribution is -2.44. The van der Waals surface area contributed by atoms with Crippen molar-refractivity contribution in [3.63, 3.8) is 0 Å². The van der Waals surface area contributed by atoms with E-state index in [9.17, 15) is 9.18 Å². The zero-order chi connectivity index (χ0) is 14.3. The molecule has 1 atom stereocenters. The van der Waals surface area contributed by atoms with Crippen LogP contribution in [0.25, 0.3) is 0 Å². The normalized spacial score (nSPS) is 13.4. The molecule has 2 amide bonds. The molecule has 1 aromatic rings. The average Bonchev–Trinajstić information content (AvgIpc) is 2.43. The van der Waals surface area contributed by atoms with Gasteiger partial charge in [-0.25, -0.2) is 9.18 Å².